The third kappa shape index (κ3) is 5.40. The number of hydrogen-bond donors (Lipinski definition) is 0. The summed E-state index contributed by atoms with van der Waals surface area (Å²) in [5, 5.41) is -0.239. The van der Waals surface area contributed by atoms with Crippen molar-refractivity contribution in [2.24, 2.45) is 5.92 Å². The first kappa shape index (κ1) is 27.3. The highest BCUT2D eigenvalue weighted by atomic mass is 33.1. The second-order valence-corrected chi connectivity index (χ2v) is 18.5. The van der Waals surface area contributed by atoms with Gasteiger partial charge in [0.15, 0.2) is 12.7 Å². The van der Waals surface area contributed by atoms with E-state index < -0.39 is 14.3 Å². The van der Waals surface area contributed by atoms with Crippen molar-refractivity contribution in [2.75, 3.05) is 7.11 Å². The lowest BCUT2D eigenvalue weighted by Gasteiger charge is -2.50. The van der Waals surface area contributed by atoms with E-state index in [2.05, 4.69) is 39.9 Å². The normalized spacial score (nSPS) is 19.7. The number of carbonyl (C=O) groups excluding carboxylic acids is 2. The predicted molar refractivity (Wildman–Crippen MR) is 145 cm³/mol. The molecule has 34 heavy (non-hydrogen) atoms. The number of carbonyl (C=O) groups is 2. The molecule has 0 spiro atoms. The Morgan fingerprint density at radius 3 is 2.44 bits per heavy atom. The molecule has 3 rings (SSSR count). The number of likely N-dealkylation sites (tertiary alicyclic amines) is 1. The van der Waals surface area contributed by atoms with Crippen molar-refractivity contribution < 1.29 is 18.8 Å². The van der Waals surface area contributed by atoms with Gasteiger partial charge in [-0.05, 0) is 67.4 Å². The summed E-state index contributed by atoms with van der Waals surface area (Å²) in [6, 6.07) is 8.03. The summed E-state index contributed by atoms with van der Waals surface area (Å²) in [5.41, 5.74) is 2.01. The monoisotopic (exact) mass is 538 g/mol. The molecule has 0 radical (unpaired) electrons. The Morgan fingerprint density at radius 2 is 1.88 bits per heavy atom. The van der Waals surface area contributed by atoms with Gasteiger partial charge in [0, 0.05) is 0 Å². The fraction of sp³-hybridized carbons (Fsp3) is 0.542. The molecule has 0 aliphatic carbocycles. The van der Waals surface area contributed by atoms with E-state index in [0.29, 0.717) is 5.70 Å². The van der Waals surface area contributed by atoms with Crippen molar-refractivity contribution in [1.82, 2.24) is 9.88 Å². The van der Waals surface area contributed by atoms with Crippen LogP contribution in [0.2, 0.25) is 18.1 Å². The van der Waals surface area contributed by atoms with Crippen LogP contribution < -0.4 is 0 Å². The second kappa shape index (κ2) is 10.3. The van der Waals surface area contributed by atoms with E-state index in [4.69, 9.17) is 14.1 Å². The van der Waals surface area contributed by atoms with E-state index >= 15 is 0 Å². The van der Waals surface area contributed by atoms with E-state index in [1.165, 1.54) is 7.11 Å². The summed E-state index contributed by atoms with van der Waals surface area (Å²) in [4.78, 5) is 32.3. The van der Waals surface area contributed by atoms with E-state index in [1.54, 1.807) is 37.8 Å². The first-order valence-corrected chi connectivity index (χ1v) is 17.2. The van der Waals surface area contributed by atoms with Crippen LogP contribution in [-0.4, -0.2) is 48.7 Å². The molecule has 1 aromatic carbocycles. The summed E-state index contributed by atoms with van der Waals surface area (Å²) in [5.74, 6) is -0.962. The maximum atomic E-state index is 13.5. The van der Waals surface area contributed by atoms with Crippen LogP contribution >= 0.6 is 32.9 Å². The summed E-state index contributed by atoms with van der Waals surface area (Å²) >= 11 is 1.62. The van der Waals surface area contributed by atoms with Gasteiger partial charge in [-0.15, -0.1) is 11.3 Å². The molecule has 1 amide bonds. The van der Waals surface area contributed by atoms with Gasteiger partial charge in [-0.25, -0.2) is 9.78 Å². The minimum atomic E-state index is -2.08. The number of nitrogens with zero attached hydrogens (tertiary/aromatic N) is 2. The van der Waals surface area contributed by atoms with Gasteiger partial charge < -0.3 is 9.16 Å². The Kier molecular flexibility index (Phi) is 8.29. The number of fused-ring (bicyclic) bond motifs is 1. The molecular weight excluding hydrogens is 505 g/mol. The first-order valence-electron chi connectivity index (χ1n) is 11.2. The molecule has 2 aromatic rings. The number of rotatable bonds is 8. The number of hydrogen-bond acceptors (Lipinski definition) is 8. The van der Waals surface area contributed by atoms with Crippen LogP contribution in [0.15, 0.2) is 39.9 Å². The van der Waals surface area contributed by atoms with Gasteiger partial charge in [0.1, 0.15) is 11.1 Å². The average Bonchev–Trinajstić information content (AvgIpc) is 3.15. The fourth-order valence-electron chi connectivity index (χ4n) is 3.59. The Morgan fingerprint density at radius 1 is 1.24 bits per heavy atom. The van der Waals surface area contributed by atoms with Crippen LogP contribution in [0, 0.1) is 5.92 Å². The second-order valence-electron chi connectivity index (χ2n) is 10.2. The zero-order valence-electron chi connectivity index (χ0n) is 21.3. The Balaban J connectivity index is 1.89. The third-order valence-corrected chi connectivity index (χ3v) is 15.1. The number of thiazole rings is 1. The van der Waals surface area contributed by atoms with Gasteiger partial charge in [0.05, 0.1) is 29.3 Å². The van der Waals surface area contributed by atoms with Gasteiger partial charge in [-0.1, -0.05) is 43.7 Å². The third-order valence-electron chi connectivity index (χ3n) is 6.46. The lowest BCUT2D eigenvalue weighted by atomic mass is 9.91. The lowest BCUT2D eigenvalue weighted by Crippen LogP contribution is -2.64. The van der Waals surface area contributed by atoms with Crippen molar-refractivity contribution in [3.8, 4) is 0 Å². The Bertz CT molecular complexity index is 1070. The molecular formula is C24H34N2O4S3Si. The zero-order valence-corrected chi connectivity index (χ0v) is 24.7. The van der Waals surface area contributed by atoms with Gasteiger partial charge in [0.25, 0.3) is 0 Å². The molecule has 1 fully saturated rings. The van der Waals surface area contributed by atoms with E-state index in [0.717, 1.165) is 20.1 Å². The van der Waals surface area contributed by atoms with Gasteiger partial charge in [0.2, 0.25) is 5.91 Å². The molecule has 1 aliphatic heterocycles. The largest absolute Gasteiger partial charge is 0.464 e. The number of aromatic nitrogens is 1. The molecule has 1 aliphatic rings. The number of esters is 1. The Labute approximate surface area is 215 Å². The van der Waals surface area contributed by atoms with Crippen LogP contribution in [-0.2, 0) is 18.8 Å². The highest BCUT2D eigenvalue weighted by Gasteiger charge is 2.55. The highest BCUT2D eigenvalue weighted by molar-refractivity contribution is 8.77. The molecule has 1 saturated heterocycles. The quantitative estimate of drug-likeness (QED) is 0.122. The van der Waals surface area contributed by atoms with Gasteiger partial charge in [-0.2, -0.15) is 0 Å². The smallest absolute Gasteiger partial charge is 0.354 e. The molecule has 3 atom stereocenters. The molecule has 10 heteroatoms. The molecule has 2 heterocycles. The molecule has 1 aromatic heterocycles. The lowest BCUT2D eigenvalue weighted by molar-refractivity contribution is -0.157. The van der Waals surface area contributed by atoms with Crippen molar-refractivity contribution >= 4 is 63.3 Å². The average molecular weight is 539 g/mol. The number of benzene rings is 1. The van der Waals surface area contributed by atoms with Crippen molar-refractivity contribution in [3.05, 3.63) is 35.5 Å². The van der Waals surface area contributed by atoms with Crippen LogP contribution in [0.25, 0.3) is 10.2 Å². The van der Waals surface area contributed by atoms with E-state index in [-0.39, 0.29) is 28.3 Å². The number of methoxy groups -OCH3 is 1. The maximum absolute atomic E-state index is 13.5. The standard InChI is InChI=1S/C24H34N2O4S3Si/c1-14(2)19(22(28)29-7)26-20(27)18(15(3)30-34(8,9)24(4,5)6)21(26)32-33-23-25-16-12-10-11-13-17(16)31-23/h10-13,15,18,21H,1-9H3/t15-,18+,21-/m1/s1. The predicted octanol–water partition coefficient (Wildman–Crippen LogP) is 6.70. The summed E-state index contributed by atoms with van der Waals surface area (Å²) in [7, 11) is 2.35. The summed E-state index contributed by atoms with van der Waals surface area (Å²) in [6.45, 7) is 16.6. The minimum absolute atomic E-state index is 0.0310. The first-order chi connectivity index (χ1) is 15.8. The number of para-hydroxylation sites is 1. The summed E-state index contributed by atoms with van der Waals surface area (Å²) in [6.07, 6.45) is -0.269. The van der Waals surface area contributed by atoms with Crippen molar-refractivity contribution in [1.29, 1.82) is 0 Å². The summed E-state index contributed by atoms with van der Waals surface area (Å²) < 4.78 is 13.7. The van der Waals surface area contributed by atoms with E-state index in [9.17, 15) is 9.59 Å². The Hall–Kier alpha value is -1.33. The number of ether oxygens (including phenoxy) is 1. The SMILES string of the molecule is COC(=O)C(=C(C)C)N1C(=O)[C@H]([C@@H](C)O[Si](C)(C)C(C)(C)C)[C@H]1SSc1nc2ccccc2s1. The number of allylic oxidation sites excluding steroid dienone is 1. The molecule has 0 saturated carbocycles. The van der Waals surface area contributed by atoms with Crippen LogP contribution in [0.1, 0.15) is 41.5 Å². The zero-order chi connectivity index (χ0) is 25.4. The van der Waals surface area contributed by atoms with Crippen molar-refractivity contribution in [3.63, 3.8) is 0 Å². The molecule has 0 bridgehead atoms. The van der Waals surface area contributed by atoms with E-state index in [1.807, 2.05) is 39.0 Å². The fourth-order valence-corrected chi connectivity index (χ4v) is 9.12. The topological polar surface area (TPSA) is 68.7 Å². The maximum Gasteiger partial charge on any atom is 0.354 e. The van der Waals surface area contributed by atoms with Crippen LogP contribution in [0.4, 0.5) is 0 Å². The van der Waals surface area contributed by atoms with Crippen LogP contribution in [0.3, 0.4) is 0 Å². The van der Waals surface area contributed by atoms with Gasteiger partial charge in [-0.3, -0.25) is 9.69 Å². The van der Waals surface area contributed by atoms with Crippen molar-refractivity contribution in [2.45, 2.75) is 75.5 Å². The highest BCUT2D eigenvalue weighted by Crippen LogP contribution is 2.50. The number of β-lactam (4-membered cyclic amide) rings is 1. The molecule has 186 valence electrons. The number of amides is 1. The molecule has 0 unspecified atom stereocenters. The molecule has 6 nitrogen and oxygen atoms in total. The van der Waals surface area contributed by atoms with Crippen LogP contribution in [0.5, 0.6) is 0 Å². The van der Waals surface area contributed by atoms with Gasteiger partial charge >= 0.3 is 5.97 Å². The molecule has 0 N–H and O–H groups in total. The minimum Gasteiger partial charge on any atom is -0.464 e.